The average molecular weight is 552 g/mol. The van der Waals surface area contributed by atoms with Crippen molar-refractivity contribution in [3.8, 4) is 0 Å². The Hall–Kier alpha value is -2.19. The van der Waals surface area contributed by atoms with Crippen LogP contribution >= 0.6 is 50.5 Å². The number of aromatic nitrogens is 1. The van der Waals surface area contributed by atoms with Gasteiger partial charge in [-0.3, -0.25) is 9.36 Å². The largest absolute Gasteiger partial charge is 0.463 e. The minimum absolute atomic E-state index is 0.223. The van der Waals surface area contributed by atoms with Crippen molar-refractivity contribution in [1.82, 2.24) is 4.57 Å². The molecule has 0 aliphatic carbocycles. The molecule has 3 aromatic rings. The van der Waals surface area contributed by atoms with E-state index in [1.807, 2.05) is 24.3 Å². The monoisotopic (exact) mass is 550 g/mol. The van der Waals surface area contributed by atoms with Crippen LogP contribution in [0.3, 0.4) is 0 Å². The predicted octanol–water partition coefficient (Wildman–Crippen LogP) is 4.87. The zero-order valence-corrected chi connectivity index (χ0v) is 21.0. The lowest BCUT2D eigenvalue weighted by molar-refractivity contribution is -0.139. The molecule has 0 saturated carbocycles. The molecule has 0 bridgehead atoms. The van der Waals surface area contributed by atoms with Gasteiger partial charge in [-0.1, -0.05) is 74.7 Å². The van der Waals surface area contributed by atoms with Gasteiger partial charge in [0, 0.05) is 4.47 Å². The van der Waals surface area contributed by atoms with Crippen molar-refractivity contribution in [3.63, 3.8) is 0 Å². The van der Waals surface area contributed by atoms with Crippen LogP contribution in [0.1, 0.15) is 31.0 Å². The van der Waals surface area contributed by atoms with Crippen molar-refractivity contribution in [1.29, 1.82) is 0 Å². The molecule has 2 aromatic carbocycles. The number of hydrogen-bond donors (Lipinski definition) is 0. The molecule has 0 saturated heterocycles. The summed E-state index contributed by atoms with van der Waals surface area (Å²) in [5.74, 6) is -0.492. The van der Waals surface area contributed by atoms with E-state index in [4.69, 9.17) is 27.9 Å². The highest BCUT2D eigenvalue weighted by molar-refractivity contribution is 9.10. The molecule has 1 aliphatic rings. The highest BCUT2D eigenvalue weighted by atomic mass is 79.9. The maximum absolute atomic E-state index is 13.5. The molecular formula is C23H17BrCl2N2O3S. The Morgan fingerprint density at radius 3 is 2.66 bits per heavy atom. The lowest BCUT2D eigenvalue weighted by Crippen LogP contribution is -2.39. The van der Waals surface area contributed by atoms with Crippen molar-refractivity contribution in [3.05, 3.63) is 99.1 Å². The predicted molar refractivity (Wildman–Crippen MR) is 131 cm³/mol. The molecule has 32 heavy (non-hydrogen) atoms. The van der Waals surface area contributed by atoms with Crippen molar-refractivity contribution >= 4 is 62.5 Å². The number of ether oxygens (including phenoxy) is 1. The van der Waals surface area contributed by atoms with E-state index in [0.29, 0.717) is 36.2 Å². The molecule has 0 fully saturated rings. The van der Waals surface area contributed by atoms with E-state index in [9.17, 15) is 9.59 Å². The van der Waals surface area contributed by atoms with Gasteiger partial charge in [-0.2, -0.15) is 0 Å². The molecule has 0 spiro atoms. The lowest BCUT2D eigenvalue weighted by Gasteiger charge is -2.24. The van der Waals surface area contributed by atoms with Gasteiger partial charge in [-0.05, 0) is 49.2 Å². The van der Waals surface area contributed by atoms with Gasteiger partial charge in [0.25, 0.3) is 5.56 Å². The highest BCUT2D eigenvalue weighted by Crippen LogP contribution is 2.31. The van der Waals surface area contributed by atoms with E-state index < -0.39 is 12.0 Å². The van der Waals surface area contributed by atoms with Gasteiger partial charge in [0.15, 0.2) is 4.80 Å². The summed E-state index contributed by atoms with van der Waals surface area (Å²) in [6, 6.07) is 12.1. The lowest BCUT2D eigenvalue weighted by atomic mass is 9.96. The Bertz CT molecular complexity index is 1420. The van der Waals surface area contributed by atoms with E-state index in [1.165, 1.54) is 15.9 Å². The summed E-state index contributed by atoms with van der Waals surface area (Å²) in [6.07, 6.45) is 1.69. The van der Waals surface area contributed by atoms with Crippen molar-refractivity contribution < 1.29 is 9.53 Å². The number of rotatable bonds is 4. The molecule has 1 unspecified atom stereocenters. The second kappa shape index (κ2) is 9.35. The van der Waals surface area contributed by atoms with E-state index in [-0.39, 0.29) is 12.2 Å². The highest BCUT2D eigenvalue weighted by Gasteiger charge is 2.33. The molecule has 1 aromatic heterocycles. The van der Waals surface area contributed by atoms with Crippen LogP contribution in [0.25, 0.3) is 6.08 Å². The minimum Gasteiger partial charge on any atom is -0.463 e. The fourth-order valence-electron chi connectivity index (χ4n) is 3.53. The first-order chi connectivity index (χ1) is 15.3. The van der Waals surface area contributed by atoms with Crippen LogP contribution in [0.4, 0.5) is 0 Å². The third-order valence-electron chi connectivity index (χ3n) is 4.97. The molecular weight excluding hydrogens is 535 g/mol. The van der Waals surface area contributed by atoms with Crippen LogP contribution in [-0.2, 0) is 9.53 Å². The van der Waals surface area contributed by atoms with Crippen molar-refractivity contribution in [2.75, 3.05) is 6.61 Å². The van der Waals surface area contributed by atoms with E-state index >= 15 is 0 Å². The fourth-order valence-corrected chi connectivity index (χ4v) is 5.19. The number of nitrogens with zero attached hydrogens (tertiary/aromatic N) is 2. The van der Waals surface area contributed by atoms with Gasteiger partial charge >= 0.3 is 5.97 Å². The van der Waals surface area contributed by atoms with Crippen LogP contribution < -0.4 is 14.9 Å². The number of carbonyl (C=O) groups excluding carboxylic acids is 1. The first-order valence-electron chi connectivity index (χ1n) is 9.71. The Kier molecular flexibility index (Phi) is 6.72. The molecule has 2 heterocycles. The smallest absolute Gasteiger partial charge is 0.338 e. The second-order valence-electron chi connectivity index (χ2n) is 7.00. The number of fused-ring (bicyclic) bond motifs is 1. The summed E-state index contributed by atoms with van der Waals surface area (Å²) in [5, 5.41) is 0.772. The van der Waals surface area contributed by atoms with Crippen LogP contribution in [0, 0.1) is 0 Å². The summed E-state index contributed by atoms with van der Waals surface area (Å²) in [5.41, 5.74) is 2.00. The number of thiazole rings is 1. The molecule has 164 valence electrons. The third kappa shape index (κ3) is 4.22. The summed E-state index contributed by atoms with van der Waals surface area (Å²) < 4.78 is 8.16. The zero-order valence-electron chi connectivity index (χ0n) is 17.1. The van der Waals surface area contributed by atoms with Gasteiger partial charge in [-0.15, -0.1) is 0 Å². The zero-order chi connectivity index (χ0) is 23.0. The number of benzene rings is 2. The first-order valence-corrected chi connectivity index (χ1v) is 12.1. The Morgan fingerprint density at radius 2 is 1.97 bits per heavy atom. The number of halogens is 3. The van der Waals surface area contributed by atoms with Gasteiger partial charge in [0.2, 0.25) is 0 Å². The normalized spacial score (nSPS) is 16.0. The maximum atomic E-state index is 13.5. The molecule has 1 atom stereocenters. The number of esters is 1. The number of allylic oxidation sites excluding steroid dienone is 1. The van der Waals surface area contributed by atoms with Crippen molar-refractivity contribution in [2.45, 2.75) is 19.9 Å². The summed E-state index contributed by atoms with van der Waals surface area (Å²) in [7, 11) is 0. The van der Waals surface area contributed by atoms with Gasteiger partial charge < -0.3 is 4.74 Å². The van der Waals surface area contributed by atoms with Crippen LogP contribution in [-0.4, -0.2) is 17.1 Å². The summed E-state index contributed by atoms with van der Waals surface area (Å²) >= 11 is 17.1. The molecule has 9 heteroatoms. The molecule has 1 aliphatic heterocycles. The summed E-state index contributed by atoms with van der Waals surface area (Å²) in [4.78, 5) is 31.4. The SMILES string of the molecule is CCOC(=O)C1=C(C)N=c2sc(=Cc3cccc(Cl)c3Cl)c(=O)n2C1c1ccc(Br)cc1. The number of carbonyl (C=O) groups is 1. The molecule has 0 N–H and O–H groups in total. The minimum atomic E-state index is -0.657. The van der Waals surface area contributed by atoms with E-state index in [2.05, 4.69) is 20.9 Å². The summed E-state index contributed by atoms with van der Waals surface area (Å²) in [6.45, 7) is 3.72. The Labute approximate surface area is 206 Å². The molecule has 4 rings (SSSR count). The Balaban J connectivity index is 1.98. The average Bonchev–Trinajstić information content (AvgIpc) is 3.06. The van der Waals surface area contributed by atoms with E-state index in [1.54, 1.807) is 38.1 Å². The van der Waals surface area contributed by atoms with Crippen molar-refractivity contribution in [2.24, 2.45) is 4.99 Å². The quantitative estimate of drug-likeness (QED) is 0.435. The molecule has 5 nitrogen and oxygen atoms in total. The molecule has 0 radical (unpaired) electrons. The molecule has 0 amide bonds. The second-order valence-corrected chi connectivity index (χ2v) is 9.71. The van der Waals surface area contributed by atoms with Gasteiger partial charge in [-0.25, -0.2) is 9.79 Å². The van der Waals surface area contributed by atoms with E-state index in [0.717, 1.165) is 10.0 Å². The maximum Gasteiger partial charge on any atom is 0.338 e. The van der Waals surface area contributed by atoms with Crippen LogP contribution in [0.5, 0.6) is 0 Å². The fraction of sp³-hybridized carbons (Fsp3) is 0.174. The Morgan fingerprint density at radius 1 is 1.25 bits per heavy atom. The number of hydrogen-bond acceptors (Lipinski definition) is 5. The standard InChI is InChI=1S/C23H17BrCl2N2O3S/c1-3-31-22(30)18-12(2)27-23-28(20(18)13-7-9-15(24)10-8-13)21(29)17(32-23)11-14-5-4-6-16(25)19(14)26/h4-11,20H,3H2,1-2H3. The van der Waals surface area contributed by atoms with Crippen LogP contribution in [0.2, 0.25) is 10.0 Å². The van der Waals surface area contributed by atoms with Crippen LogP contribution in [0.15, 0.2) is 68.0 Å². The topological polar surface area (TPSA) is 60.7 Å². The van der Waals surface area contributed by atoms with Gasteiger partial charge in [0.05, 0.1) is 38.5 Å². The van der Waals surface area contributed by atoms with Gasteiger partial charge in [0.1, 0.15) is 0 Å². The third-order valence-corrected chi connectivity index (χ3v) is 7.32. The first kappa shape index (κ1) is 23.0.